The largest absolute Gasteiger partial charge is 0.481 e. The molecule has 0 spiro atoms. The second-order valence-corrected chi connectivity index (χ2v) is 4.33. The van der Waals surface area contributed by atoms with E-state index in [0.717, 1.165) is 5.82 Å². The van der Waals surface area contributed by atoms with Crippen molar-refractivity contribution in [3.8, 4) is 0 Å². The lowest BCUT2D eigenvalue weighted by molar-refractivity contribution is -0.140. The van der Waals surface area contributed by atoms with Crippen molar-refractivity contribution in [3.05, 3.63) is 12.4 Å². The van der Waals surface area contributed by atoms with Crippen LogP contribution < -0.4 is 10.6 Å². The van der Waals surface area contributed by atoms with E-state index in [1.54, 1.807) is 13.0 Å². The first-order valence-corrected chi connectivity index (χ1v) is 5.70. The molecule has 17 heavy (non-hydrogen) atoms. The summed E-state index contributed by atoms with van der Waals surface area (Å²) in [5.41, 5.74) is 0. The van der Waals surface area contributed by atoms with E-state index >= 15 is 0 Å². The number of nitrogens with one attached hydrogen (secondary N) is 2. The predicted octanol–water partition coefficient (Wildman–Crippen LogP) is 1.18. The Morgan fingerprint density at radius 3 is 2.88 bits per heavy atom. The average molecular weight is 236 g/mol. The van der Waals surface area contributed by atoms with Crippen LogP contribution in [0.15, 0.2) is 12.4 Å². The quantitative estimate of drug-likeness (QED) is 0.687. The molecule has 1 aliphatic carbocycles. The van der Waals surface area contributed by atoms with Gasteiger partial charge in [-0.25, -0.2) is 9.97 Å². The Morgan fingerprint density at radius 2 is 2.24 bits per heavy atom. The van der Waals surface area contributed by atoms with Crippen LogP contribution in [0, 0.1) is 5.92 Å². The number of carboxylic acids is 1. The van der Waals surface area contributed by atoms with Crippen molar-refractivity contribution in [2.75, 3.05) is 17.2 Å². The lowest BCUT2D eigenvalue weighted by Crippen LogP contribution is -2.20. The molecule has 2 rings (SSSR count). The van der Waals surface area contributed by atoms with Crippen LogP contribution >= 0.6 is 0 Å². The summed E-state index contributed by atoms with van der Waals surface area (Å²) in [6.07, 6.45) is 3.84. The summed E-state index contributed by atoms with van der Waals surface area (Å²) >= 11 is 0. The fraction of sp³-hybridized carbons (Fsp3) is 0.545. The Balaban J connectivity index is 1.88. The third-order valence-electron chi connectivity index (χ3n) is 2.61. The second-order valence-electron chi connectivity index (χ2n) is 4.33. The minimum absolute atomic E-state index is 0.356. The lowest BCUT2D eigenvalue weighted by atomic mass is 10.2. The molecule has 1 fully saturated rings. The van der Waals surface area contributed by atoms with Crippen LogP contribution in [0.5, 0.6) is 0 Å². The van der Waals surface area contributed by atoms with Gasteiger partial charge in [-0.05, 0) is 12.8 Å². The van der Waals surface area contributed by atoms with E-state index in [-0.39, 0.29) is 0 Å². The molecular weight excluding hydrogens is 220 g/mol. The van der Waals surface area contributed by atoms with Crippen LogP contribution in [0.4, 0.5) is 11.6 Å². The number of hydrogen-bond donors (Lipinski definition) is 3. The number of aliphatic carboxylic acids is 1. The Morgan fingerprint density at radius 1 is 1.53 bits per heavy atom. The van der Waals surface area contributed by atoms with Crippen molar-refractivity contribution >= 4 is 17.6 Å². The minimum Gasteiger partial charge on any atom is -0.481 e. The van der Waals surface area contributed by atoms with Crippen molar-refractivity contribution in [1.29, 1.82) is 0 Å². The molecular formula is C11H16N4O2. The van der Waals surface area contributed by atoms with Crippen molar-refractivity contribution in [2.24, 2.45) is 5.92 Å². The molecule has 6 nitrogen and oxygen atoms in total. The molecule has 1 heterocycles. The zero-order valence-electron chi connectivity index (χ0n) is 9.68. The second kappa shape index (κ2) is 4.99. The standard InChI is InChI=1S/C11H16N4O2/c1-7(11(16)17)5-12-9-4-10(14-6-13-9)15-8-2-3-8/h4,6-8H,2-3,5H2,1H3,(H,16,17)(H2,12,13,14,15). The molecule has 0 amide bonds. The average Bonchev–Trinajstić information content (AvgIpc) is 3.10. The predicted molar refractivity (Wildman–Crippen MR) is 64.0 cm³/mol. The van der Waals surface area contributed by atoms with E-state index in [1.165, 1.54) is 19.2 Å². The summed E-state index contributed by atoms with van der Waals surface area (Å²) in [6.45, 7) is 2.01. The van der Waals surface area contributed by atoms with Crippen LogP contribution in [0.3, 0.4) is 0 Å². The molecule has 1 saturated carbocycles. The normalized spacial score (nSPS) is 16.3. The molecule has 6 heteroatoms. The molecule has 0 aromatic carbocycles. The fourth-order valence-electron chi connectivity index (χ4n) is 1.31. The molecule has 1 aromatic rings. The van der Waals surface area contributed by atoms with E-state index in [1.807, 2.05) is 0 Å². The van der Waals surface area contributed by atoms with Crippen molar-refractivity contribution in [1.82, 2.24) is 9.97 Å². The van der Waals surface area contributed by atoms with Gasteiger partial charge in [0.15, 0.2) is 0 Å². The Kier molecular flexibility index (Phi) is 3.41. The summed E-state index contributed by atoms with van der Waals surface area (Å²) in [5, 5.41) is 15.0. The van der Waals surface area contributed by atoms with Crippen LogP contribution in [-0.2, 0) is 4.79 Å². The maximum atomic E-state index is 10.7. The molecule has 0 bridgehead atoms. The zero-order valence-corrected chi connectivity index (χ0v) is 9.68. The molecule has 1 aliphatic rings. The van der Waals surface area contributed by atoms with Gasteiger partial charge in [0.1, 0.15) is 18.0 Å². The lowest BCUT2D eigenvalue weighted by Gasteiger charge is -2.10. The number of rotatable bonds is 6. The van der Waals surface area contributed by atoms with Gasteiger partial charge in [-0.1, -0.05) is 6.92 Å². The van der Waals surface area contributed by atoms with Gasteiger partial charge >= 0.3 is 5.97 Å². The van der Waals surface area contributed by atoms with Gasteiger partial charge in [0, 0.05) is 18.7 Å². The first-order valence-electron chi connectivity index (χ1n) is 5.70. The number of nitrogens with zero attached hydrogens (tertiary/aromatic N) is 2. The van der Waals surface area contributed by atoms with Crippen LogP contribution in [-0.4, -0.2) is 33.6 Å². The number of anilines is 2. The molecule has 1 unspecified atom stereocenters. The van der Waals surface area contributed by atoms with E-state index < -0.39 is 11.9 Å². The smallest absolute Gasteiger partial charge is 0.308 e. The van der Waals surface area contributed by atoms with Gasteiger partial charge in [0.05, 0.1) is 5.92 Å². The summed E-state index contributed by atoms with van der Waals surface area (Å²) in [4.78, 5) is 18.8. The maximum absolute atomic E-state index is 10.7. The van der Waals surface area contributed by atoms with E-state index in [2.05, 4.69) is 20.6 Å². The first kappa shape index (κ1) is 11.6. The summed E-state index contributed by atoms with van der Waals surface area (Å²) in [7, 11) is 0. The molecule has 1 aromatic heterocycles. The van der Waals surface area contributed by atoms with E-state index in [0.29, 0.717) is 18.4 Å². The van der Waals surface area contributed by atoms with Gasteiger partial charge < -0.3 is 15.7 Å². The summed E-state index contributed by atoms with van der Waals surface area (Å²) in [6, 6.07) is 2.34. The van der Waals surface area contributed by atoms with Gasteiger partial charge in [-0.3, -0.25) is 4.79 Å². The molecule has 0 saturated heterocycles. The highest BCUT2D eigenvalue weighted by molar-refractivity contribution is 5.70. The number of hydrogen-bond acceptors (Lipinski definition) is 5. The third-order valence-corrected chi connectivity index (χ3v) is 2.61. The third kappa shape index (κ3) is 3.58. The topological polar surface area (TPSA) is 87.1 Å². The van der Waals surface area contributed by atoms with Crippen LogP contribution in [0.25, 0.3) is 0 Å². The highest BCUT2D eigenvalue weighted by atomic mass is 16.4. The Labute approximate surface area is 99.5 Å². The molecule has 92 valence electrons. The molecule has 0 radical (unpaired) electrons. The minimum atomic E-state index is -0.817. The summed E-state index contributed by atoms with van der Waals surface area (Å²) in [5.74, 6) is 0.178. The number of aromatic nitrogens is 2. The number of carboxylic acid groups (broad SMARTS) is 1. The van der Waals surface area contributed by atoms with Crippen molar-refractivity contribution in [3.63, 3.8) is 0 Å². The highest BCUT2D eigenvalue weighted by Crippen LogP contribution is 2.24. The van der Waals surface area contributed by atoms with Crippen molar-refractivity contribution in [2.45, 2.75) is 25.8 Å². The van der Waals surface area contributed by atoms with E-state index in [9.17, 15) is 4.79 Å². The first-order chi connectivity index (χ1) is 8.15. The monoisotopic (exact) mass is 236 g/mol. The highest BCUT2D eigenvalue weighted by Gasteiger charge is 2.21. The van der Waals surface area contributed by atoms with Gasteiger partial charge in [0.2, 0.25) is 0 Å². The van der Waals surface area contributed by atoms with Gasteiger partial charge in [-0.15, -0.1) is 0 Å². The van der Waals surface area contributed by atoms with E-state index in [4.69, 9.17) is 5.11 Å². The fourth-order valence-corrected chi connectivity index (χ4v) is 1.31. The Bertz CT molecular complexity index is 406. The van der Waals surface area contributed by atoms with Gasteiger partial charge in [-0.2, -0.15) is 0 Å². The van der Waals surface area contributed by atoms with Crippen LogP contribution in [0.2, 0.25) is 0 Å². The molecule has 0 aliphatic heterocycles. The van der Waals surface area contributed by atoms with Crippen molar-refractivity contribution < 1.29 is 9.90 Å². The van der Waals surface area contributed by atoms with Crippen LogP contribution in [0.1, 0.15) is 19.8 Å². The molecule has 1 atom stereocenters. The molecule has 3 N–H and O–H groups in total. The maximum Gasteiger partial charge on any atom is 0.308 e. The number of carbonyl (C=O) groups is 1. The van der Waals surface area contributed by atoms with Gasteiger partial charge in [0.25, 0.3) is 0 Å². The SMILES string of the molecule is CC(CNc1cc(NC2CC2)ncn1)C(=O)O. The summed E-state index contributed by atoms with van der Waals surface area (Å²) < 4.78 is 0. The zero-order chi connectivity index (χ0) is 12.3. The Hall–Kier alpha value is -1.85.